The Kier molecular flexibility index (Phi) is 2.42. The fourth-order valence-electron chi connectivity index (χ4n) is 2.37. The van der Waals surface area contributed by atoms with Crippen molar-refractivity contribution in [3.05, 3.63) is 47.5 Å². The lowest BCUT2D eigenvalue weighted by molar-refractivity contribution is 0.603. The second kappa shape index (κ2) is 4.24. The number of hydrogen-bond acceptors (Lipinski definition) is 4. The molecular weight excluding hydrogens is 256 g/mol. The van der Waals surface area contributed by atoms with Gasteiger partial charge in [-0.05, 0) is 23.6 Å². The van der Waals surface area contributed by atoms with Gasteiger partial charge in [0.05, 0.1) is 6.54 Å². The molecule has 4 heteroatoms. The second-order valence-electron chi connectivity index (χ2n) is 4.47. The molecule has 2 aromatic heterocycles. The van der Waals surface area contributed by atoms with E-state index in [0.717, 1.165) is 41.2 Å². The van der Waals surface area contributed by atoms with Crippen LogP contribution in [0.1, 0.15) is 5.76 Å². The van der Waals surface area contributed by atoms with Gasteiger partial charge >= 0.3 is 0 Å². The Balaban J connectivity index is 1.91. The highest BCUT2D eigenvalue weighted by Crippen LogP contribution is 2.33. The van der Waals surface area contributed by atoms with Crippen LogP contribution in [0, 0.1) is 0 Å². The minimum Gasteiger partial charge on any atom is -0.452 e. The van der Waals surface area contributed by atoms with Crippen molar-refractivity contribution in [2.45, 2.75) is 0 Å². The molecule has 4 rings (SSSR count). The number of nitrogens with zero attached hydrogens (tertiary/aromatic N) is 1. The minimum absolute atomic E-state index is 0.824. The maximum absolute atomic E-state index is 6.02. The number of thiophene rings is 1. The summed E-state index contributed by atoms with van der Waals surface area (Å²) in [7, 11) is 0. The van der Waals surface area contributed by atoms with Gasteiger partial charge in [0.15, 0.2) is 11.6 Å². The summed E-state index contributed by atoms with van der Waals surface area (Å²) >= 11 is 1.73. The number of aliphatic imine (C=N–C) groups is 1. The van der Waals surface area contributed by atoms with Crippen LogP contribution in [0.5, 0.6) is 0 Å². The van der Waals surface area contributed by atoms with Gasteiger partial charge in [0.25, 0.3) is 0 Å². The third-order valence-electron chi connectivity index (χ3n) is 3.24. The molecule has 1 aromatic carbocycles. The Hall–Kier alpha value is -2.07. The van der Waals surface area contributed by atoms with E-state index in [1.54, 1.807) is 11.3 Å². The predicted molar refractivity (Wildman–Crippen MR) is 78.9 cm³/mol. The van der Waals surface area contributed by atoms with Crippen LogP contribution >= 0.6 is 11.3 Å². The van der Waals surface area contributed by atoms with Gasteiger partial charge in [-0.1, -0.05) is 18.2 Å². The van der Waals surface area contributed by atoms with E-state index >= 15 is 0 Å². The molecule has 1 N–H and O–H groups in total. The molecule has 0 amide bonds. The Bertz CT molecular complexity index is 756. The first kappa shape index (κ1) is 10.8. The first-order valence-corrected chi connectivity index (χ1v) is 7.15. The lowest BCUT2D eigenvalue weighted by Gasteiger charge is -1.99. The van der Waals surface area contributed by atoms with E-state index in [1.807, 2.05) is 0 Å². The van der Waals surface area contributed by atoms with Crippen LogP contribution in [0.3, 0.4) is 0 Å². The zero-order chi connectivity index (χ0) is 12.7. The molecule has 0 bridgehead atoms. The van der Waals surface area contributed by atoms with E-state index < -0.39 is 0 Å². The van der Waals surface area contributed by atoms with Crippen molar-refractivity contribution in [2.24, 2.45) is 4.99 Å². The Morgan fingerprint density at radius 1 is 1.21 bits per heavy atom. The average Bonchev–Trinajstić information content (AvgIpc) is 3.18. The normalized spacial score (nSPS) is 14.6. The van der Waals surface area contributed by atoms with E-state index in [4.69, 9.17) is 4.42 Å². The predicted octanol–water partition coefficient (Wildman–Crippen LogP) is 3.51. The molecule has 0 saturated heterocycles. The Morgan fingerprint density at radius 2 is 2.21 bits per heavy atom. The number of hydrogen-bond donors (Lipinski definition) is 1. The third-order valence-corrected chi connectivity index (χ3v) is 4.14. The van der Waals surface area contributed by atoms with Gasteiger partial charge in [-0.25, -0.2) is 0 Å². The zero-order valence-corrected chi connectivity index (χ0v) is 11.0. The smallest absolute Gasteiger partial charge is 0.170 e. The highest BCUT2D eigenvalue weighted by atomic mass is 32.1. The molecule has 0 atom stereocenters. The number of benzene rings is 1. The summed E-state index contributed by atoms with van der Waals surface area (Å²) in [5, 5.41) is 6.45. The van der Waals surface area contributed by atoms with Gasteiger partial charge in [-0.15, -0.1) is 11.3 Å². The molecule has 1 aliphatic heterocycles. The van der Waals surface area contributed by atoms with Crippen molar-refractivity contribution >= 4 is 28.1 Å². The first-order chi connectivity index (χ1) is 9.42. The molecule has 0 aliphatic carbocycles. The van der Waals surface area contributed by atoms with Crippen LogP contribution in [0.4, 0.5) is 0 Å². The van der Waals surface area contributed by atoms with Gasteiger partial charge in [0.2, 0.25) is 0 Å². The van der Waals surface area contributed by atoms with E-state index in [-0.39, 0.29) is 0 Å². The van der Waals surface area contributed by atoms with Crippen LogP contribution < -0.4 is 5.32 Å². The standard InChI is InChI=1S/C15H12N2OS/c1-3-10-9-12(15-16-6-7-17-15)18-14(10)11(4-1)13-5-2-8-19-13/h1-5,8-9H,6-7H2,(H,16,17). The van der Waals surface area contributed by atoms with Crippen LogP contribution in [0.2, 0.25) is 0 Å². The quantitative estimate of drug-likeness (QED) is 0.772. The zero-order valence-electron chi connectivity index (χ0n) is 10.2. The maximum Gasteiger partial charge on any atom is 0.170 e. The second-order valence-corrected chi connectivity index (χ2v) is 5.42. The SMILES string of the molecule is c1csc(-c2cccc3cc(C4=NCCN4)oc23)c1. The number of rotatable bonds is 2. The number of amidine groups is 1. The van der Waals surface area contributed by atoms with Crippen LogP contribution in [0.15, 0.2) is 51.2 Å². The monoisotopic (exact) mass is 268 g/mol. The highest BCUT2D eigenvalue weighted by Gasteiger charge is 2.15. The molecule has 94 valence electrons. The number of nitrogens with one attached hydrogen (secondary N) is 1. The van der Waals surface area contributed by atoms with Crippen molar-refractivity contribution in [1.29, 1.82) is 0 Å². The molecule has 0 fully saturated rings. The van der Waals surface area contributed by atoms with Gasteiger partial charge in [0, 0.05) is 22.4 Å². The summed E-state index contributed by atoms with van der Waals surface area (Å²) in [6.07, 6.45) is 0. The molecule has 3 aromatic rings. The van der Waals surface area contributed by atoms with Crippen molar-refractivity contribution < 1.29 is 4.42 Å². The van der Waals surface area contributed by atoms with Gasteiger partial charge in [-0.2, -0.15) is 0 Å². The van der Waals surface area contributed by atoms with Crippen LogP contribution in [0.25, 0.3) is 21.4 Å². The summed E-state index contributed by atoms with van der Waals surface area (Å²) < 4.78 is 6.02. The summed E-state index contributed by atoms with van der Waals surface area (Å²) in [5.41, 5.74) is 2.09. The highest BCUT2D eigenvalue weighted by molar-refractivity contribution is 7.13. The van der Waals surface area contributed by atoms with E-state index in [0.29, 0.717) is 0 Å². The Labute approximate surface area is 114 Å². The lowest BCUT2D eigenvalue weighted by Crippen LogP contribution is -2.18. The van der Waals surface area contributed by atoms with Gasteiger partial charge in [0.1, 0.15) is 5.58 Å². The number of furan rings is 1. The largest absolute Gasteiger partial charge is 0.452 e. The maximum atomic E-state index is 6.02. The fourth-order valence-corrected chi connectivity index (χ4v) is 3.12. The van der Waals surface area contributed by atoms with Crippen molar-refractivity contribution in [3.8, 4) is 10.4 Å². The summed E-state index contributed by atoms with van der Waals surface area (Å²) in [5.74, 6) is 1.70. The lowest BCUT2D eigenvalue weighted by atomic mass is 10.1. The first-order valence-electron chi connectivity index (χ1n) is 6.27. The van der Waals surface area contributed by atoms with E-state index in [2.05, 4.69) is 52.1 Å². The molecule has 0 spiro atoms. The molecule has 3 nitrogen and oxygen atoms in total. The molecule has 3 heterocycles. The number of para-hydroxylation sites is 1. The van der Waals surface area contributed by atoms with E-state index in [9.17, 15) is 0 Å². The van der Waals surface area contributed by atoms with Crippen LogP contribution in [-0.4, -0.2) is 18.9 Å². The third kappa shape index (κ3) is 1.76. The van der Waals surface area contributed by atoms with Crippen LogP contribution in [-0.2, 0) is 0 Å². The summed E-state index contributed by atoms with van der Waals surface area (Å²) in [6.45, 7) is 1.72. The minimum atomic E-state index is 0.824. The van der Waals surface area contributed by atoms with Gasteiger partial charge < -0.3 is 9.73 Å². The summed E-state index contributed by atoms with van der Waals surface area (Å²) in [6, 6.07) is 12.5. The number of fused-ring (bicyclic) bond motifs is 1. The van der Waals surface area contributed by atoms with Gasteiger partial charge in [-0.3, -0.25) is 4.99 Å². The Morgan fingerprint density at radius 3 is 3.00 bits per heavy atom. The average molecular weight is 268 g/mol. The molecule has 0 saturated carbocycles. The molecule has 0 unspecified atom stereocenters. The van der Waals surface area contributed by atoms with Crippen molar-refractivity contribution in [2.75, 3.05) is 13.1 Å². The summed E-state index contributed by atoms with van der Waals surface area (Å²) in [4.78, 5) is 5.64. The van der Waals surface area contributed by atoms with Crippen molar-refractivity contribution in [3.63, 3.8) is 0 Å². The van der Waals surface area contributed by atoms with E-state index in [1.165, 1.54) is 4.88 Å². The molecule has 0 radical (unpaired) electrons. The molecular formula is C15H12N2OS. The van der Waals surface area contributed by atoms with Crippen molar-refractivity contribution in [1.82, 2.24) is 5.32 Å². The fraction of sp³-hybridized carbons (Fsp3) is 0.133. The molecule has 19 heavy (non-hydrogen) atoms. The molecule has 1 aliphatic rings. The topological polar surface area (TPSA) is 37.5 Å².